The average Bonchev–Trinajstić information content (AvgIpc) is 2.52. The number of hydrogen-bond donors (Lipinski definition) is 1. The maximum Gasteiger partial charge on any atom is 0.00904 e. The molecule has 2 aliphatic heterocycles. The summed E-state index contributed by atoms with van der Waals surface area (Å²) in [6, 6.07) is 0.726. The van der Waals surface area contributed by atoms with Crippen molar-refractivity contribution in [2.24, 2.45) is 16.7 Å². The average molecular weight is 210 g/mol. The number of likely N-dealkylation sites (tertiary alicyclic amines) is 1. The first kappa shape index (κ1) is 11.4. The number of nitrogens with zero attached hydrogens (tertiary/aromatic N) is 1. The van der Waals surface area contributed by atoms with Crippen molar-refractivity contribution in [3.8, 4) is 0 Å². The second-order valence-corrected chi connectivity index (χ2v) is 6.61. The van der Waals surface area contributed by atoms with Gasteiger partial charge in [-0.15, -0.1) is 0 Å². The van der Waals surface area contributed by atoms with Crippen LogP contribution in [0.1, 0.15) is 34.6 Å². The van der Waals surface area contributed by atoms with Crippen LogP contribution in [0.4, 0.5) is 0 Å². The maximum atomic E-state index is 3.57. The molecule has 88 valence electrons. The molecular weight excluding hydrogens is 184 g/mol. The number of rotatable bonds is 2. The van der Waals surface area contributed by atoms with E-state index < -0.39 is 0 Å². The van der Waals surface area contributed by atoms with E-state index in [-0.39, 0.29) is 0 Å². The van der Waals surface area contributed by atoms with Gasteiger partial charge in [0.05, 0.1) is 0 Å². The summed E-state index contributed by atoms with van der Waals surface area (Å²) in [6.45, 7) is 16.9. The van der Waals surface area contributed by atoms with Crippen LogP contribution < -0.4 is 5.32 Å². The van der Waals surface area contributed by atoms with Crippen LogP contribution in [0, 0.1) is 16.7 Å². The number of fused-ring (bicyclic) bond motifs is 1. The molecule has 15 heavy (non-hydrogen) atoms. The molecule has 0 unspecified atom stereocenters. The highest BCUT2D eigenvalue weighted by atomic mass is 15.2. The van der Waals surface area contributed by atoms with E-state index in [1.807, 2.05) is 0 Å². The minimum atomic E-state index is 0.496. The van der Waals surface area contributed by atoms with Crippen molar-refractivity contribution in [3.63, 3.8) is 0 Å². The summed E-state index contributed by atoms with van der Waals surface area (Å²) >= 11 is 0. The van der Waals surface area contributed by atoms with Gasteiger partial charge in [-0.2, -0.15) is 0 Å². The summed E-state index contributed by atoms with van der Waals surface area (Å²) in [5, 5.41) is 3.57. The minimum absolute atomic E-state index is 0.496. The lowest BCUT2D eigenvalue weighted by Crippen LogP contribution is -2.38. The van der Waals surface area contributed by atoms with Crippen molar-refractivity contribution in [2.75, 3.05) is 26.2 Å². The highest BCUT2D eigenvalue weighted by Crippen LogP contribution is 2.49. The van der Waals surface area contributed by atoms with Crippen LogP contribution >= 0.6 is 0 Å². The largest absolute Gasteiger partial charge is 0.316 e. The van der Waals surface area contributed by atoms with Crippen LogP contribution in [0.2, 0.25) is 0 Å². The second kappa shape index (κ2) is 3.46. The van der Waals surface area contributed by atoms with E-state index in [4.69, 9.17) is 0 Å². The molecule has 2 rings (SSSR count). The molecule has 0 spiro atoms. The highest BCUT2D eigenvalue weighted by molar-refractivity contribution is 5.09. The SMILES string of the molecule is CC(C)[C@H](C)N1C[C@]2(C)CNC[C@]2(C)C1. The van der Waals surface area contributed by atoms with Crippen molar-refractivity contribution >= 4 is 0 Å². The van der Waals surface area contributed by atoms with Gasteiger partial charge in [-0.05, 0) is 12.8 Å². The smallest absolute Gasteiger partial charge is 0.00904 e. The van der Waals surface area contributed by atoms with Gasteiger partial charge in [-0.25, -0.2) is 0 Å². The Hall–Kier alpha value is -0.0800. The Bertz CT molecular complexity index is 233. The van der Waals surface area contributed by atoms with Gasteiger partial charge in [0.2, 0.25) is 0 Å². The van der Waals surface area contributed by atoms with Crippen molar-refractivity contribution in [1.29, 1.82) is 0 Å². The van der Waals surface area contributed by atoms with Gasteiger partial charge in [0.1, 0.15) is 0 Å². The zero-order chi connectivity index (χ0) is 11.3. The topological polar surface area (TPSA) is 15.3 Å². The third-order valence-corrected chi connectivity index (χ3v) is 5.13. The third kappa shape index (κ3) is 1.62. The molecule has 1 N–H and O–H groups in total. The number of hydrogen-bond acceptors (Lipinski definition) is 2. The molecule has 3 atom stereocenters. The fourth-order valence-electron chi connectivity index (χ4n) is 3.20. The lowest BCUT2D eigenvalue weighted by Gasteiger charge is -2.31. The molecule has 0 saturated carbocycles. The van der Waals surface area contributed by atoms with Crippen molar-refractivity contribution in [1.82, 2.24) is 10.2 Å². The maximum absolute atomic E-state index is 3.57. The molecule has 0 amide bonds. The third-order valence-electron chi connectivity index (χ3n) is 5.13. The molecule has 2 aliphatic rings. The predicted molar refractivity (Wildman–Crippen MR) is 65.0 cm³/mol. The molecule has 0 aliphatic carbocycles. The minimum Gasteiger partial charge on any atom is -0.316 e. The first-order valence-corrected chi connectivity index (χ1v) is 6.33. The Kier molecular flexibility index (Phi) is 2.63. The Labute approximate surface area is 94.4 Å². The normalized spacial score (nSPS) is 43.6. The predicted octanol–water partition coefficient (Wildman–Crippen LogP) is 1.96. The Balaban J connectivity index is 2.12. The van der Waals surface area contributed by atoms with E-state index >= 15 is 0 Å². The van der Waals surface area contributed by atoms with Crippen molar-refractivity contribution < 1.29 is 0 Å². The molecule has 2 heteroatoms. The van der Waals surface area contributed by atoms with Crippen LogP contribution in [-0.2, 0) is 0 Å². The van der Waals surface area contributed by atoms with Gasteiger partial charge in [-0.1, -0.05) is 27.7 Å². The quantitative estimate of drug-likeness (QED) is 0.749. The van der Waals surface area contributed by atoms with E-state index in [0.717, 1.165) is 12.0 Å². The van der Waals surface area contributed by atoms with Crippen LogP contribution in [0.25, 0.3) is 0 Å². The van der Waals surface area contributed by atoms with Crippen LogP contribution in [0.15, 0.2) is 0 Å². The molecule has 2 fully saturated rings. The Morgan fingerprint density at radius 2 is 1.47 bits per heavy atom. The molecule has 2 nitrogen and oxygen atoms in total. The van der Waals surface area contributed by atoms with Gasteiger partial charge in [0.15, 0.2) is 0 Å². The first-order chi connectivity index (χ1) is 6.88. The monoisotopic (exact) mass is 210 g/mol. The lowest BCUT2D eigenvalue weighted by molar-refractivity contribution is 0.181. The fourth-order valence-corrected chi connectivity index (χ4v) is 3.20. The first-order valence-electron chi connectivity index (χ1n) is 6.33. The van der Waals surface area contributed by atoms with E-state index in [2.05, 4.69) is 44.8 Å². The van der Waals surface area contributed by atoms with Gasteiger partial charge < -0.3 is 5.32 Å². The molecular formula is C13H26N2. The lowest BCUT2D eigenvalue weighted by atomic mass is 9.71. The summed E-state index contributed by atoms with van der Waals surface area (Å²) in [5.41, 5.74) is 0.992. The molecule has 2 saturated heterocycles. The second-order valence-electron chi connectivity index (χ2n) is 6.61. The summed E-state index contributed by atoms with van der Waals surface area (Å²) in [5.74, 6) is 0.768. The zero-order valence-corrected chi connectivity index (χ0v) is 10.9. The molecule has 0 bridgehead atoms. The molecule has 2 heterocycles. The summed E-state index contributed by atoms with van der Waals surface area (Å²) in [6.07, 6.45) is 0. The van der Waals surface area contributed by atoms with Gasteiger partial charge in [0, 0.05) is 43.1 Å². The summed E-state index contributed by atoms with van der Waals surface area (Å²) in [4.78, 5) is 2.70. The van der Waals surface area contributed by atoms with Crippen molar-refractivity contribution in [3.05, 3.63) is 0 Å². The summed E-state index contributed by atoms with van der Waals surface area (Å²) < 4.78 is 0. The van der Waals surface area contributed by atoms with Gasteiger partial charge >= 0.3 is 0 Å². The van der Waals surface area contributed by atoms with Gasteiger partial charge in [-0.3, -0.25) is 4.90 Å². The van der Waals surface area contributed by atoms with Crippen LogP contribution in [0.3, 0.4) is 0 Å². The standard InChI is InChI=1S/C13H26N2/c1-10(2)11(3)15-8-12(4)6-14-7-13(12,5)9-15/h10-11,14H,6-9H2,1-5H3/t11-,12-,13+/m0/s1. The van der Waals surface area contributed by atoms with Gasteiger partial charge in [0.25, 0.3) is 0 Å². The van der Waals surface area contributed by atoms with E-state index in [1.165, 1.54) is 26.2 Å². The zero-order valence-electron chi connectivity index (χ0n) is 10.9. The van der Waals surface area contributed by atoms with E-state index in [0.29, 0.717) is 10.8 Å². The highest BCUT2D eigenvalue weighted by Gasteiger charge is 2.55. The Morgan fingerprint density at radius 3 is 1.87 bits per heavy atom. The molecule has 0 aromatic rings. The molecule has 0 aromatic carbocycles. The van der Waals surface area contributed by atoms with Crippen LogP contribution in [0.5, 0.6) is 0 Å². The van der Waals surface area contributed by atoms with Crippen LogP contribution in [-0.4, -0.2) is 37.1 Å². The Morgan fingerprint density at radius 1 is 1.00 bits per heavy atom. The molecule has 0 aromatic heterocycles. The fraction of sp³-hybridized carbons (Fsp3) is 1.00. The van der Waals surface area contributed by atoms with Crippen molar-refractivity contribution in [2.45, 2.75) is 40.7 Å². The number of nitrogens with one attached hydrogen (secondary N) is 1. The van der Waals surface area contributed by atoms with E-state index in [1.54, 1.807) is 0 Å². The van der Waals surface area contributed by atoms with E-state index in [9.17, 15) is 0 Å². The summed E-state index contributed by atoms with van der Waals surface area (Å²) in [7, 11) is 0. The molecule has 0 radical (unpaired) electrons.